The summed E-state index contributed by atoms with van der Waals surface area (Å²) in [6.07, 6.45) is 9.41. The van der Waals surface area contributed by atoms with Gasteiger partial charge in [-0.25, -0.2) is 0 Å². The summed E-state index contributed by atoms with van der Waals surface area (Å²) in [6, 6.07) is 0. The Kier molecular flexibility index (Phi) is 7.91. The molecule has 2 unspecified atom stereocenters. The van der Waals surface area contributed by atoms with Crippen molar-refractivity contribution in [1.29, 1.82) is 0 Å². The van der Waals surface area contributed by atoms with Gasteiger partial charge >= 0.3 is 0 Å². The van der Waals surface area contributed by atoms with Crippen LogP contribution in [0.15, 0.2) is 46.5 Å². The van der Waals surface area contributed by atoms with Gasteiger partial charge in [0.1, 0.15) is 17.1 Å². The molecule has 0 saturated heterocycles. The summed E-state index contributed by atoms with van der Waals surface area (Å²) in [6.45, 7) is 7.29. The molecule has 0 aromatic carbocycles. The van der Waals surface area contributed by atoms with Crippen molar-refractivity contribution in [3.8, 4) is 0 Å². The standard InChI is InChI=1S/C27H36O6/c1-5-6-7-8-9-16(2)22(29)14-21-20-15-33-24(11-18(20)12-25(31)27(21,4)32)26-17(3)10-19(28)13-23(26)30/h11-12,15-16,19,21,28,32H,5-10,13-14H2,1-4H3/t16?,19?,21-,27-/m1/s1. The lowest BCUT2D eigenvalue weighted by atomic mass is 9.69. The molecule has 180 valence electrons. The largest absolute Gasteiger partial charge is 0.464 e. The number of fused-ring (bicyclic) bond motifs is 1. The first-order valence-corrected chi connectivity index (χ1v) is 12.1. The molecule has 33 heavy (non-hydrogen) atoms. The Bertz CT molecular complexity index is 946. The normalized spacial score (nSPS) is 28.5. The van der Waals surface area contributed by atoms with Crippen LogP contribution in [0.1, 0.15) is 79.1 Å². The number of unbranched alkanes of at least 4 members (excludes halogenated alkanes) is 3. The fourth-order valence-electron chi connectivity index (χ4n) is 4.93. The van der Waals surface area contributed by atoms with E-state index in [1.54, 1.807) is 13.0 Å². The van der Waals surface area contributed by atoms with Crippen molar-refractivity contribution in [2.75, 3.05) is 0 Å². The van der Waals surface area contributed by atoms with Gasteiger partial charge in [-0.05, 0) is 44.4 Å². The number of carbonyl (C=O) groups excluding carboxylic acids is 3. The number of ether oxygens (including phenoxy) is 1. The Morgan fingerprint density at radius 3 is 2.61 bits per heavy atom. The lowest BCUT2D eigenvalue weighted by Crippen LogP contribution is -2.47. The first-order chi connectivity index (χ1) is 15.6. The van der Waals surface area contributed by atoms with E-state index in [1.165, 1.54) is 19.3 Å². The summed E-state index contributed by atoms with van der Waals surface area (Å²) in [5, 5.41) is 20.8. The second-order valence-corrected chi connectivity index (χ2v) is 9.93. The number of carbonyl (C=O) groups is 3. The fraction of sp³-hybridized carbons (Fsp3) is 0.593. The number of aliphatic hydroxyl groups excluding tert-OH is 1. The molecular formula is C27H36O6. The van der Waals surface area contributed by atoms with Crippen molar-refractivity contribution in [1.82, 2.24) is 0 Å². The van der Waals surface area contributed by atoms with Crippen molar-refractivity contribution < 1.29 is 29.3 Å². The highest BCUT2D eigenvalue weighted by Gasteiger charge is 2.46. The van der Waals surface area contributed by atoms with Crippen LogP contribution < -0.4 is 0 Å². The molecule has 0 aromatic heterocycles. The predicted molar refractivity (Wildman–Crippen MR) is 125 cm³/mol. The number of hydrogen-bond donors (Lipinski definition) is 2. The number of hydrogen-bond acceptors (Lipinski definition) is 6. The van der Waals surface area contributed by atoms with Crippen LogP contribution in [0.4, 0.5) is 0 Å². The van der Waals surface area contributed by atoms with Gasteiger partial charge in [0, 0.05) is 30.3 Å². The van der Waals surface area contributed by atoms with Gasteiger partial charge in [0.25, 0.3) is 0 Å². The minimum Gasteiger partial charge on any atom is -0.464 e. The molecule has 2 aliphatic carbocycles. The van der Waals surface area contributed by atoms with E-state index in [9.17, 15) is 24.6 Å². The zero-order chi connectivity index (χ0) is 24.3. The minimum absolute atomic E-state index is 0.0245. The molecule has 0 fully saturated rings. The first kappa shape index (κ1) is 25.3. The molecule has 3 aliphatic rings. The van der Waals surface area contributed by atoms with Crippen molar-refractivity contribution >= 4 is 17.3 Å². The highest BCUT2D eigenvalue weighted by molar-refractivity contribution is 6.03. The lowest BCUT2D eigenvalue weighted by molar-refractivity contribution is -0.137. The molecule has 6 heteroatoms. The molecule has 1 heterocycles. The minimum atomic E-state index is -1.71. The molecule has 0 amide bonds. The van der Waals surface area contributed by atoms with Gasteiger partial charge in [0.15, 0.2) is 11.6 Å². The van der Waals surface area contributed by atoms with Gasteiger partial charge in [-0.3, -0.25) is 14.4 Å². The molecule has 6 nitrogen and oxygen atoms in total. The van der Waals surface area contributed by atoms with Gasteiger partial charge < -0.3 is 14.9 Å². The second-order valence-electron chi connectivity index (χ2n) is 9.93. The summed E-state index contributed by atoms with van der Waals surface area (Å²) in [5.74, 6) is -1.16. The van der Waals surface area contributed by atoms with Gasteiger partial charge in [-0.1, -0.05) is 45.1 Å². The molecule has 2 N–H and O–H groups in total. The summed E-state index contributed by atoms with van der Waals surface area (Å²) in [4.78, 5) is 38.3. The van der Waals surface area contributed by atoms with Gasteiger partial charge in [-0.2, -0.15) is 0 Å². The van der Waals surface area contributed by atoms with Gasteiger partial charge in [-0.15, -0.1) is 0 Å². The monoisotopic (exact) mass is 456 g/mol. The molecule has 0 spiro atoms. The molecule has 4 atom stereocenters. The van der Waals surface area contributed by atoms with Crippen LogP contribution in [0.5, 0.6) is 0 Å². The topological polar surface area (TPSA) is 101 Å². The Morgan fingerprint density at radius 1 is 1.21 bits per heavy atom. The van der Waals surface area contributed by atoms with E-state index in [0.29, 0.717) is 28.9 Å². The third kappa shape index (κ3) is 5.44. The van der Waals surface area contributed by atoms with E-state index < -0.39 is 23.4 Å². The quantitative estimate of drug-likeness (QED) is 0.503. The average molecular weight is 457 g/mol. The maximum atomic E-state index is 13.0. The number of rotatable bonds is 9. The summed E-state index contributed by atoms with van der Waals surface area (Å²) >= 11 is 0. The fourth-order valence-corrected chi connectivity index (χ4v) is 4.93. The predicted octanol–water partition coefficient (Wildman–Crippen LogP) is 4.27. The van der Waals surface area contributed by atoms with E-state index in [1.807, 2.05) is 6.92 Å². The van der Waals surface area contributed by atoms with Crippen LogP contribution in [-0.2, 0) is 19.1 Å². The van der Waals surface area contributed by atoms with E-state index >= 15 is 0 Å². The van der Waals surface area contributed by atoms with Crippen molar-refractivity contribution in [3.63, 3.8) is 0 Å². The molecular weight excluding hydrogens is 420 g/mol. The van der Waals surface area contributed by atoms with Crippen LogP contribution in [0, 0.1) is 11.8 Å². The third-order valence-corrected chi connectivity index (χ3v) is 7.13. The Hall–Kier alpha value is -2.31. The molecule has 0 radical (unpaired) electrons. The zero-order valence-electron chi connectivity index (χ0n) is 20.1. The highest BCUT2D eigenvalue weighted by Crippen LogP contribution is 2.43. The molecule has 0 aromatic rings. The van der Waals surface area contributed by atoms with E-state index in [0.717, 1.165) is 37.7 Å². The molecule has 0 bridgehead atoms. The Balaban J connectivity index is 1.82. The number of ketones is 3. The van der Waals surface area contributed by atoms with Crippen LogP contribution in [0.3, 0.4) is 0 Å². The number of allylic oxidation sites excluding steroid dienone is 3. The van der Waals surface area contributed by atoms with Gasteiger partial charge in [0.2, 0.25) is 0 Å². The maximum absolute atomic E-state index is 13.0. The molecule has 3 rings (SSSR count). The van der Waals surface area contributed by atoms with Crippen LogP contribution in [0.2, 0.25) is 0 Å². The number of aliphatic hydroxyl groups is 2. The van der Waals surface area contributed by atoms with Crippen molar-refractivity contribution in [2.24, 2.45) is 11.8 Å². The van der Waals surface area contributed by atoms with Crippen molar-refractivity contribution in [2.45, 2.75) is 90.8 Å². The summed E-state index contributed by atoms with van der Waals surface area (Å²) < 4.78 is 5.82. The maximum Gasteiger partial charge on any atom is 0.188 e. The van der Waals surface area contributed by atoms with E-state index in [2.05, 4.69) is 6.92 Å². The Labute approximate surface area is 196 Å². The smallest absolute Gasteiger partial charge is 0.188 e. The summed E-state index contributed by atoms with van der Waals surface area (Å²) in [5.41, 5.74) is 0.605. The van der Waals surface area contributed by atoms with Gasteiger partial charge in [0.05, 0.1) is 17.9 Å². The van der Waals surface area contributed by atoms with Crippen molar-refractivity contribution in [3.05, 3.63) is 46.5 Å². The Morgan fingerprint density at radius 2 is 1.94 bits per heavy atom. The first-order valence-electron chi connectivity index (χ1n) is 12.1. The van der Waals surface area contributed by atoms with E-state index in [4.69, 9.17) is 4.74 Å². The SMILES string of the molecule is CCCCCCC(C)C(=O)C[C@@H]1C2=COC(C3=C(C)CC(O)CC3=O)=CC2=CC(=O)[C@]1(C)O. The average Bonchev–Trinajstić information content (AvgIpc) is 2.73. The number of Topliss-reactive ketones (excluding diaryl/α,β-unsaturated/α-hetero) is 2. The van der Waals surface area contributed by atoms with Crippen LogP contribution in [-0.4, -0.2) is 39.3 Å². The zero-order valence-corrected chi connectivity index (χ0v) is 20.1. The second kappa shape index (κ2) is 10.3. The third-order valence-electron chi connectivity index (χ3n) is 7.13. The molecule has 1 aliphatic heterocycles. The van der Waals surface area contributed by atoms with Crippen LogP contribution >= 0.6 is 0 Å². The van der Waals surface area contributed by atoms with E-state index in [-0.39, 0.29) is 30.3 Å². The summed E-state index contributed by atoms with van der Waals surface area (Å²) in [7, 11) is 0. The lowest BCUT2D eigenvalue weighted by Gasteiger charge is -2.38. The molecule has 0 saturated carbocycles. The van der Waals surface area contributed by atoms with Crippen LogP contribution in [0.25, 0.3) is 0 Å². The highest BCUT2D eigenvalue weighted by atomic mass is 16.5.